The molecule has 0 radical (unpaired) electrons. The third-order valence-electron chi connectivity index (χ3n) is 5.25. The van der Waals surface area contributed by atoms with Crippen LogP contribution in [0, 0.1) is 5.92 Å². The van der Waals surface area contributed by atoms with E-state index in [1.807, 2.05) is 43.6 Å². The van der Waals surface area contributed by atoms with Gasteiger partial charge in [0.1, 0.15) is 17.1 Å². The molecule has 1 aliphatic heterocycles. The highest BCUT2D eigenvalue weighted by Gasteiger charge is 2.21. The zero-order chi connectivity index (χ0) is 21.4. The fraction of sp³-hybridized carbons (Fsp3) is 0.273. The van der Waals surface area contributed by atoms with Crippen LogP contribution in [-0.2, 0) is 11.8 Å². The largest absolute Gasteiger partial charge is 0.475 e. The molecule has 4 heterocycles. The van der Waals surface area contributed by atoms with E-state index < -0.39 is 0 Å². The van der Waals surface area contributed by atoms with Gasteiger partial charge in [-0.3, -0.25) is 9.67 Å². The van der Waals surface area contributed by atoms with Gasteiger partial charge in [0.15, 0.2) is 5.82 Å². The molecule has 0 unspecified atom stereocenters. The highest BCUT2D eigenvalue weighted by Crippen LogP contribution is 2.36. The molecule has 0 atom stereocenters. The van der Waals surface area contributed by atoms with Crippen LogP contribution in [0.3, 0.4) is 0 Å². The summed E-state index contributed by atoms with van der Waals surface area (Å²) in [6, 6.07) is 9.51. The average Bonchev–Trinajstić information content (AvgIpc) is 3.16. The van der Waals surface area contributed by atoms with Crippen molar-refractivity contribution in [1.29, 1.82) is 0 Å². The molecular weight excluding hydrogens is 416 g/mol. The maximum atomic E-state index is 6.53. The fourth-order valence-corrected chi connectivity index (χ4v) is 3.79. The van der Waals surface area contributed by atoms with Gasteiger partial charge >= 0.3 is 0 Å². The first-order valence-electron chi connectivity index (χ1n) is 10.0. The van der Waals surface area contributed by atoms with Gasteiger partial charge in [-0.2, -0.15) is 5.10 Å². The lowest BCUT2D eigenvalue weighted by atomic mass is 10.0. The van der Waals surface area contributed by atoms with Crippen molar-refractivity contribution in [2.75, 3.05) is 25.6 Å². The van der Waals surface area contributed by atoms with Crippen molar-refractivity contribution < 1.29 is 9.47 Å². The van der Waals surface area contributed by atoms with Gasteiger partial charge in [0.2, 0.25) is 0 Å². The number of nitrogens with two attached hydrogens (primary N) is 1. The van der Waals surface area contributed by atoms with Crippen molar-refractivity contribution in [2.45, 2.75) is 6.42 Å². The van der Waals surface area contributed by atoms with Crippen LogP contribution >= 0.6 is 11.6 Å². The van der Waals surface area contributed by atoms with Crippen molar-refractivity contribution in [2.24, 2.45) is 13.0 Å². The van der Waals surface area contributed by atoms with Crippen LogP contribution < -0.4 is 10.5 Å². The molecule has 3 aromatic heterocycles. The van der Waals surface area contributed by atoms with E-state index in [4.69, 9.17) is 31.8 Å². The van der Waals surface area contributed by atoms with Gasteiger partial charge in [-0.05, 0) is 30.7 Å². The van der Waals surface area contributed by atoms with Crippen molar-refractivity contribution in [3.05, 3.63) is 47.7 Å². The molecule has 0 bridgehead atoms. The Balaban J connectivity index is 1.59. The minimum absolute atomic E-state index is 0.225. The summed E-state index contributed by atoms with van der Waals surface area (Å²) >= 11 is 6.53. The van der Waals surface area contributed by atoms with Gasteiger partial charge in [-0.25, -0.2) is 9.97 Å². The molecule has 1 aliphatic rings. The number of aromatic nitrogens is 5. The quantitative estimate of drug-likeness (QED) is 0.491. The third-order valence-corrected chi connectivity index (χ3v) is 5.54. The van der Waals surface area contributed by atoms with E-state index in [2.05, 4.69) is 15.1 Å². The monoisotopic (exact) mass is 436 g/mol. The highest BCUT2D eigenvalue weighted by molar-refractivity contribution is 6.35. The van der Waals surface area contributed by atoms with Crippen molar-refractivity contribution >= 4 is 28.3 Å². The Hall–Kier alpha value is -3.23. The zero-order valence-electron chi connectivity index (χ0n) is 17.0. The minimum atomic E-state index is 0.225. The SMILES string of the molecule is Cn1ccc(-c2nc(N)c(OCCC3COC3)nc2-c2cc(Cl)c3ncccc3c2)n1. The van der Waals surface area contributed by atoms with Crippen molar-refractivity contribution in [3.63, 3.8) is 0 Å². The number of nitrogens with zero attached hydrogens (tertiary/aromatic N) is 5. The molecule has 1 aromatic carbocycles. The lowest BCUT2D eigenvalue weighted by Gasteiger charge is -2.25. The van der Waals surface area contributed by atoms with Crippen LogP contribution in [0.5, 0.6) is 5.88 Å². The van der Waals surface area contributed by atoms with Crippen LogP contribution in [0.15, 0.2) is 42.7 Å². The second-order valence-electron chi connectivity index (χ2n) is 7.56. The highest BCUT2D eigenvalue weighted by atomic mass is 35.5. The average molecular weight is 437 g/mol. The molecule has 5 rings (SSSR count). The summed E-state index contributed by atoms with van der Waals surface area (Å²) in [6.07, 6.45) is 4.45. The second-order valence-corrected chi connectivity index (χ2v) is 7.97. The lowest BCUT2D eigenvalue weighted by Crippen LogP contribution is -2.29. The Bertz CT molecular complexity index is 1250. The maximum absolute atomic E-state index is 6.53. The smallest absolute Gasteiger partial charge is 0.257 e. The van der Waals surface area contributed by atoms with E-state index in [0.717, 1.165) is 36.1 Å². The van der Waals surface area contributed by atoms with Gasteiger partial charge in [-0.1, -0.05) is 17.7 Å². The molecule has 1 saturated heterocycles. The topological polar surface area (TPSA) is 101 Å². The Morgan fingerprint density at radius 1 is 1.23 bits per heavy atom. The van der Waals surface area contributed by atoms with Gasteiger partial charge in [0.25, 0.3) is 5.88 Å². The number of rotatable bonds is 6. The number of hydrogen-bond acceptors (Lipinski definition) is 7. The normalized spacial score (nSPS) is 14.0. The van der Waals surface area contributed by atoms with E-state index in [1.54, 1.807) is 10.9 Å². The Labute approximate surface area is 184 Å². The van der Waals surface area contributed by atoms with Crippen LogP contribution in [-0.4, -0.2) is 44.6 Å². The molecule has 0 spiro atoms. The van der Waals surface area contributed by atoms with Gasteiger partial charge in [0.05, 0.1) is 30.4 Å². The zero-order valence-corrected chi connectivity index (χ0v) is 17.7. The minimum Gasteiger partial charge on any atom is -0.475 e. The molecule has 31 heavy (non-hydrogen) atoms. The molecule has 4 aromatic rings. The van der Waals surface area contributed by atoms with Gasteiger partial charge in [-0.15, -0.1) is 0 Å². The molecule has 0 amide bonds. The van der Waals surface area contributed by atoms with Crippen LogP contribution in [0.4, 0.5) is 5.82 Å². The fourth-order valence-electron chi connectivity index (χ4n) is 3.52. The summed E-state index contributed by atoms with van der Waals surface area (Å²) < 4.78 is 12.8. The van der Waals surface area contributed by atoms with E-state index in [-0.39, 0.29) is 5.82 Å². The summed E-state index contributed by atoms with van der Waals surface area (Å²) in [6.45, 7) is 2.05. The number of ether oxygens (including phenoxy) is 2. The summed E-state index contributed by atoms with van der Waals surface area (Å²) in [5, 5.41) is 5.92. The number of aryl methyl sites for hydroxylation is 1. The Kier molecular flexibility index (Phi) is 5.17. The Morgan fingerprint density at radius 3 is 2.84 bits per heavy atom. The van der Waals surface area contributed by atoms with E-state index in [0.29, 0.717) is 40.5 Å². The van der Waals surface area contributed by atoms with Crippen LogP contribution in [0.2, 0.25) is 5.02 Å². The number of halogens is 1. The van der Waals surface area contributed by atoms with Crippen molar-refractivity contribution in [1.82, 2.24) is 24.7 Å². The molecule has 1 fully saturated rings. The predicted molar refractivity (Wildman–Crippen MR) is 119 cm³/mol. The third kappa shape index (κ3) is 3.92. The van der Waals surface area contributed by atoms with E-state index in [1.165, 1.54) is 0 Å². The number of nitrogen functional groups attached to an aromatic ring is 1. The second kappa shape index (κ2) is 8.13. The Morgan fingerprint density at radius 2 is 2.10 bits per heavy atom. The number of anilines is 1. The molecule has 8 nitrogen and oxygen atoms in total. The molecule has 158 valence electrons. The predicted octanol–water partition coefficient (Wildman–Crippen LogP) is 3.74. The van der Waals surface area contributed by atoms with Crippen molar-refractivity contribution in [3.8, 4) is 28.5 Å². The first-order chi connectivity index (χ1) is 15.1. The van der Waals surface area contributed by atoms with Crippen LogP contribution in [0.1, 0.15) is 6.42 Å². The molecule has 2 N–H and O–H groups in total. The molecule has 9 heteroatoms. The van der Waals surface area contributed by atoms with Crippen LogP contribution in [0.25, 0.3) is 33.5 Å². The molecular formula is C22H21ClN6O2. The molecule has 0 saturated carbocycles. The number of benzene rings is 1. The summed E-state index contributed by atoms with van der Waals surface area (Å²) in [4.78, 5) is 13.7. The van der Waals surface area contributed by atoms with Gasteiger partial charge in [0, 0.05) is 36.3 Å². The number of hydrogen-bond donors (Lipinski definition) is 1. The first-order valence-corrected chi connectivity index (χ1v) is 10.4. The van der Waals surface area contributed by atoms with Gasteiger partial charge < -0.3 is 15.2 Å². The van der Waals surface area contributed by atoms with E-state index in [9.17, 15) is 0 Å². The maximum Gasteiger partial charge on any atom is 0.257 e. The van der Waals surface area contributed by atoms with E-state index >= 15 is 0 Å². The standard InChI is InChI=1S/C22H21ClN6O2/c1-29-7-4-17(28-29)20-19(15-9-14-3-2-6-25-18(14)16(23)10-15)27-22(21(24)26-20)31-8-5-13-11-30-12-13/h2-4,6-7,9-10,13H,5,8,11-12H2,1H3,(H2,24,26). The number of pyridine rings is 1. The lowest BCUT2D eigenvalue weighted by molar-refractivity contribution is -0.0402. The molecule has 0 aliphatic carbocycles. The summed E-state index contributed by atoms with van der Waals surface area (Å²) in [5.41, 5.74) is 9.55. The summed E-state index contributed by atoms with van der Waals surface area (Å²) in [5.74, 6) is 1.05. The first kappa shape index (κ1) is 19.7. The number of fused-ring (bicyclic) bond motifs is 1. The summed E-state index contributed by atoms with van der Waals surface area (Å²) in [7, 11) is 1.85.